The molecule has 4 heteroatoms. The smallest absolute Gasteiger partial charge is 0.308 e. The van der Waals surface area contributed by atoms with Crippen LogP contribution in [0.2, 0.25) is 18.1 Å². The first-order valence-corrected chi connectivity index (χ1v) is 10.7. The van der Waals surface area contributed by atoms with Crippen LogP contribution >= 0.6 is 0 Å². The molecule has 0 bridgehead atoms. The summed E-state index contributed by atoms with van der Waals surface area (Å²) in [4.78, 5) is 11.8. The van der Waals surface area contributed by atoms with E-state index in [1.54, 1.807) is 0 Å². The third kappa shape index (κ3) is 4.07. The summed E-state index contributed by atoms with van der Waals surface area (Å²) in [5.74, 6) is 0.665. The van der Waals surface area contributed by atoms with Gasteiger partial charge in [0, 0.05) is 12.5 Å². The lowest BCUT2D eigenvalue weighted by atomic mass is 9.84. The van der Waals surface area contributed by atoms with Crippen LogP contribution in [0.15, 0.2) is 0 Å². The first kappa shape index (κ1) is 17.7. The minimum Gasteiger partial charge on any atom is -0.462 e. The third-order valence-electron chi connectivity index (χ3n) is 5.01. The topological polar surface area (TPSA) is 35.5 Å². The summed E-state index contributed by atoms with van der Waals surface area (Å²) in [7, 11) is -1.72. The number of carbonyl (C=O) groups is 1. The van der Waals surface area contributed by atoms with Gasteiger partial charge >= 0.3 is 5.97 Å². The molecule has 0 spiro atoms. The molecule has 0 aromatic heterocycles. The number of hydrogen-bond acceptors (Lipinski definition) is 3. The summed E-state index contributed by atoms with van der Waals surface area (Å²) in [6, 6.07) is 0. The fourth-order valence-electron chi connectivity index (χ4n) is 2.48. The molecule has 118 valence electrons. The highest BCUT2D eigenvalue weighted by Gasteiger charge is 2.40. The van der Waals surface area contributed by atoms with Crippen LogP contribution in [-0.2, 0) is 14.0 Å². The normalized spacial score (nSPS) is 30.0. The lowest BCUT2D eigenvalue weighted by Crippen LogP contribution is -2.45. The molecule has 0 amide bonds. The number of esters is 1. The zero-order chi connectivity index (χ0) is 15.7. The summed E-state index contributed by atoms with van der Waals surface area (Å²) in [5, 5.41) is 0.218. The standard InChI is InChI=1S/C16H32O3Si/c1-11-9-12(2)15(17)19-14(11)13(3)10-18-20(7,8)16(4,5)6/h11-14H,9-10H2,1-8H3/t11-,12-,13-,14-/m0/s1. The van der Waals surface area contributed by atoms with Crippen LogP contribution in [0.5, 0.6) is 0 Å². The number of hydrogen-bond donors (Lipinski definition) is 0. The van der Waals surface area contributed by atoms with Crippen LogP contribution in [-0.4, -0.2) is 27.0 Å². The summed E-state index contributed by atoms with van der Waals surface area (Å²) in [6.45, 7) is 18.2. The fraction of sp³-hybridized carbons (Fsp3) is 0.938. The van der Waals surface area contributed by atoms with Gasteiger partial charge in [-0.25, -0.2) is 0 Å². The van der Waals surface area contributed by atoms with Crippen molar-refractivity contribution in [3.8, 4) is 0 Å². The van der Waals surface area contributed by atoms with Gasteiger partial charge in [0.2, 0.25) is 0 Å². The summed E-state index contributed by atoms with van der Waals surface area (Å²) in [6.07, 6.45) is 0.928. The SMILES string of the molecule is C[C@H]1C[C@H](C)[C@@H]([C@@H](C)CO[Si](C)(C)C(C)(C)C)OC1=O. The Morgan fingerprint density at radius 1 is 1.35 bits per heavy atom. The van der Waals surface area contributed by atoms with Crippen molar-refractivity contribution in [2.24, 2.45) is 17.8 Å². The van der Waals surface area contributed by atoms with Gasteiger partial charge in [0.1, 0.15) is 6.10 Å². The van der Waals surface area contributed by atoms with Crippen LogP contribution in [0.4, 0.5) is 0 Å². The maximum Gasteiger partial charge on any atom is 0.308 e. The molecule has 1 saturated heterocycles. The van der Waals surface area contributed by atoms with E-state index in [-0.39, 0.29) is 28.9 Å². The van der Waals surface area contributed by atoms with E-state index in [0.717, 1.165) is 6.42 Å². The van der Waals surface area contributed by atoms with E-state index in [2.05, 4.69) is 47.7 Å². The van der Waals surface area contributed by atoms with Gasteiger partial charge in [-0.15, -0.1) is 0 Å². The third-order valence-corrected chi connectivity index (χ3v) is 9.52. The molecule has 1 aliphatic heterocycles. The van der Waals surface area contributed by atoms with Crippen LogP contribution in [0.3, 0.4) is 0 Å². The van der Waals surface area contributed by atoms with E-state index in [9.17, 15) is 4.79 Å². The molecule has 0 unspecified atom stereocenters. The highest BCUT2D eigenvalue weighted by molar-refractivity contribution is 6.74. The predicted octanol–water partition coefficient (Wildman–Crippen LogP) is 4.23. The molecule has 0 saturated carbocycles. The van der Waals surface area contributed by atoms with Crippen LogP contribution in [0.25, 0.3) is 0 Å². The molecule has 3 nitrogen and oxygen atoms in total. The minimum atomic E-state index is -1.72. The zero-order valence-electron chi connectivity index (χ0n) is 14.4. The average Bonchev–Trinajstić information content (AvgIpc) is 2.29. The predicted molar refractivity (Wildman–Crippen MR) is 85.1 cm³/mol. The van der Waals surface area contributed by atoms with Crippen LogP contribution in [0, 0.1) is 17.8 Å². The Hall–Kier alpha value is -0.353. The number of rotatable bonds is 4. The first-order valence-electron chi connectivity index (χ1n) is 7.80. The molecule has 1 fully saturated rings. The van der Waals surface area contributed by atoms with Gasteiger partial charge in [0.15, 0.2) is 8.32 Å². The Kier molecular flexibility index (Phi) is 5.47. The molecule has 0 radical (unpaired) electrons. The summed E-state index contributed by atoms with van der Waals surface area (Å²) in [5.41, 5.74) is 0. The lowest BCUT2D eigenvalue weighted by molar-refractivity contribution is -0.169. The van der Waals surface area contributed by atoms with E-state index in [1.807, 2.05) is 6.92 Å². The molecule has 0 aromatic carbocycles. The largest absolute Gasteiger partial charge is 0.462 e. The van der Waals surface area contributed by atoms with Crippen molar-refractivity contribution >= 4 is 14.3 Å². The van der Waals surface area contributed by atoms with Crippen molar-refractivity contribution in [2.45, 2.75) is 72.2 Å². The number of ether oxygens (including phenoxy) is 1. The monoisotopic (exact) mass is 300 g/mol. The fourth-order valence-corrected chi connectivity index (χ4v) is 3.60. The van der Waals surface area contributed by atoms with Crippen molar-refractivity contribution in [3.63, 3.8) is 0 Å². The highest BCUT2D eigenvalue weighted by atomic mass is 28.4. The van der Waals surface area contributed by atoms with E-state index < -0.39 is 8.32 Å². The molecule has 4 atom stereocenters. The van der Waals surface area contributed by atoms with Gasteiger partial charge in [-0.05, 0) is 30.5 Å². The number of carbonyl (C=O) groups excluding carboxylic acids is 1. The lowest BCUT2D eigenvalue weighted by Gasteiger charge is -2.40. The van der Waals surface area contributed by atoms with E-state index in [1.165, 1.54) is 0 Å². The van der Waals surface area contributed by atoms with E-state index >= 15 is 0 Å². The first-order chi connectivity index (χ1) is 8.95. The highest BCUT2D eigenvalue weighted by Crippen LogP contribution is 2.37. The quantitative estimate of drug-likeness (QED) is 0.575. The maximum absolute atomic E-state index is 11.8. The molecular weight excluding hydrogens is 268 g/mol. The van der Waals surface area contributed by atoms with Gasteiger partial charge in [0.05, 0.1) is 5.92 Å². The van der Waals surface area contributed by atoms with E-state index in [4.69, 9.17) is 9.16 Å². The van der Waals surface area contributed by atoms with Crippen LogP contribution in [0.1, 0.15) is 48.0 Å². The van der Waals surface area contributed by atoms with Crippen molar-refractivity contribution in [3.05, 3.63) is 0 Å². The Balaban J connectivity index is 2.59. The Bertz CT molecular complexity index is 346. The van der Waals surface area contributed by atoms with Crippen molar-refractivity contribution in [1.29, 1.82) is 0 Å². The van der Waals surface area contributed by atoms with Gasteiger partial charge in [-0.2, -0.15) is 0 Å². The Morgan fingerprint density at radius 3 is 2.40 bits per heavy atom. The summed E-state index contributed by atoms with van der Waals surface area (Å²) >= 11 is 0. The second-order valence-corrected chi connectivity index (χ2v) is 12.9. The molecule has 20 heavy (non-hydrogen) atoms. The molecular formula is C16H32O3Si. The molecule has 0 N–H and O–H groups in total. The average molecular weight is 301 g/mol. The molecule has 1 rings (SSSR count). The maximum atomic E-state index is 11.8. The van der Waals surface area contributed by atoms with Gasteiger partial charge in [-0.1, -0.05) is 41.5 Å². The Labute approximate surface area is 125 Å². The van der Waals surface area contributed by atoms with Gasteiger partial charge in [0.25, 0.3) is 0 Å². The minimum absolute atomic E-state index is 0.00321. The molecule has 1 heterocycles. The Morgan fingerprint density at radius 2 is 1.90 bits per heavy atom. The van der Waals surface area contributed by atoms with Crippen LogP contribution < -0.4 is 0 Å². The zero-order valence-corrected chi connectivity index (χ0v) is 15.4. The summed E-state index contributed by atoms with van der Waals surface area (Å²) < 4.78 is 11.9. The van der Waals surface area contributed by atoms with Gasteiger partial charge < -0.3 is 9.16 Å². The van der Waals surface area contributed by atoms with Crippen molar-refractivity contribution < 1.29 is 14.0 Å². The second-order valence-electron chi connectivity index (χ2n) is 8.06. The van der Waals surface area contributed by atoms with E-state index in [0.29, 0.717) is 12.5 Å². The molecule has 1 aliphatic rings. The van der Waals surface area contributed by atoms with Gasteiger partial charge in [-0.3, -0.25) is 4.79 Å². The number of cyclic esters (lactones) is 1. The molecule has 0 aliphatic carbocycles. The van der Waals surface area contributed by atoms with Crippen molar-refractivity contribution in [1.82, 2.24) is 0 Å². The van der Waals surface area contributed by atoms with Crippen molar-refractivity contribution in [2.75, 3.05) is 6.61 Å². The second kappa shape index (κ2) is 6.18. The molecule has 0 aromatic rings.